The topological polar surface area (TPSA) is 32.5 Å². The van der Waals surface area contributed by atoms with Gasteiger partial charge in [-0.25, -0.2) is 0 Å². The third-order valence-electron chi connectivity index (χ3n) is 3.93. The summed E-state index contributed by atoms with van der Waals surface area (Å²) in [6.45, 7) is 7.63. The van der Waals surface area contributed by atoms with Gasteiger partial charge in [-0.2, -0.15) is 0 Å². The summed E-state index contributed by atoms with van der Waals surface area (Å²) in [6, 6.07) is 2.57. The van der Waals surface area contributed by atoms with E-state index in [9.17, 15) is 0 Å². The van der Waals surface area contributed by atoms with Crippen molar-refractivity contribution in [2.24, 2.45) is 5.73 Å². The first-order valence-corrected chi connectivity index (χ1v) is 8.61. The average Bonchev–Trinajstić information content (AvgIpc) is 2.99. The van der Waals surface area contributed by atoms with Crippen molar-refractivity contribution in [2.75, 3.05) is 39.8 Å². The van der Waals surface area contributed by atoms with E-state index in [-0.39, 0.29) is 0 Å². The summed E-state index contributed by atoms with van der Waals surface area (Å²) >= 11 is 5.45. The molecule has 1 saturated heterocycles. The fourth-order valence-corrected chi connectivity index (χ4v) is 4.36. The molecule has 0 aliphatic carbocycles. The van der Waals surface area contributed by atoms with Crippen LogP contribution in [0, 0.1) is 6.92 Å². The van der Waals surface area contributed by atoms with Crippen LogP contribution in [0.4, 0.5) is 0 Å². The van der Waals surface area contributed by atoms with E-state index in [1.54, 1.807) is 0 Å². The maximum absolute atomic E-state index is 5.98. The van der Waals surface area contributed by atoms with Crippen LogP contribution in [0.5, 0.6) is 0 Å². The molecule has 0 saturated carbocycles. The van der Waals surface area contributed by atoms with Crippen LogP contribution in [0.25, 0.3) is 0 Å². The Bertz CT molecular complexity index is 382. The molecule has 19 heavy (non-hydrogen) atoms. The quantitative estimate of drug-likeness (QED) is 0.860. The van der Waals surface area contributed by atoms with Crippen LogP contribution < -0.4 is 5.73 Å². The van der Waals surface area contributed by atoms with E-state index in [1.807, 2.05) is 11.3 Å². The molecular formula is C14H24BrN3S. The molecule has 0 bridgehead atoms. The minimum atomic E-state index is 0.345. The van der Waals surface area contributed by atoms with Gasteiger partial charge in [-0.15, -0.1) is 11.3 Å². The zero-order chi connectivity index (χ0) is 13.8. The first-order valence-electron chi connectivity index (χ1n) is 7.00. The van der Waals surface area contributed by atoms with Crippen molar-refractivity contribution < 1.29 is 0 Å². The largest absolute Gasteiger partial charge is 0.329 e. The number of rotatable bonds is 6. The Kier molecular flexibility index (Phi) is 5.84. The van der Waals surface area contributed by atoms with Gasteiger partial charge in [0.15, 0.2) is 0 Å². The van der Waals surface area contributed by atoms with Crippen LogP contribution in [0.1, 0.15) is 28.6 Å². The van der Waals surface area contributed by atoms with Crippen LogP contribution in [0.2, 0.25) is 0 Å². The van der Waals surface area contributed by atoms with E-state index in [2.05, 4.69) is 45.8 Å². The predicted octanol–water partition coefficient (Wildman–Crippen LogP) is 2.85. The van der Waals surface area contributed by atoms with Gasteiger partial charge in [-0.05, 0) is 61.9 Å². The number of aryl methyl sites for hydroxylation is 1. The van der Waals surface area contributed by atoms with Crippen LogP contribution in [0.3, 0.4) is 0 Å². The standard InChI is InChI=1S/C14H24BrN3S/c1-11-12(15)9-14(19-11)13(10-16)17(2)7-8-18-5-3-4-6-18/h9,13H,3-8,10,16H2,1-2H3. The summed E-state index contributed by atoms with van der Waals surface area (Å²) in [4.78, 5) is 7.66. The van der Waals surface area contributed by atoms with Crippen molar-refractivity contribution in [3.05, 3.63) is 20.3 Å². The molecule has 1 fully saturated rings. The van der Waals surface area contributed by atoms with Crippen molar-refractivity contribution in [1.82, 2.24) is 9.80 Å². The molecule has 0 aromatic carbocycles. The van der Waals surface area contributed by atoms with Crippen molar-refractivity contribution in [2.45, 2.75) is 25.8 Å². The van der Waals surface area contributed by atoms with Gasteiger partial charge in [-0.1, -0.05) is 0 Å². The molecule has 1 aliphatic heterocycles. The van der Waals surface area contributed by atoms with Crippen molar-refractivity contribution in [3.8, 4) is 0 Å². The summed E-state index contributed by atoms with van der Waals surface area (Å²) in [5.74, 6) is 0. The highest BCUT2D eigenvalue weighted by Crippen LogP contribution is 2.32. The van der Waals surface area contributed by atoms with Crippen molar-refractivity contribution in [3.63, 3.8) is 0 Å². The zero-order valence-electron chi connectivity index (χ0n) is 11.9. The lowest BCUT2D eigenvalue weighted by Gasteiger charge is -2.28. The third-order valence-corrected chi connectivity index (χ3v) is 6.17. The lowest BCUT2D eigenvalue weighted by Crippen LogP contribution is -2.36. The molecule has 0 spiro atoms. The second-order valence-corrected chi connectivity index (χ2v) is 7.48. The second-order valence-electron chi connectivity index (χ2n) is 5.33. The van der Waals surface area contributed by atoms with E-state index in [0.717, 1.165) is 6.54 Å². The molecule has 2 heterocycles. The Morgan fingerprint density at radius 2 is 2.16 bits per heavy atom. The lowest BCUT2D eigenvalue weighted by atomic mass is 10.2. The molecule has 2 rings (SSSR count). The molecule has 0 radical (unpaired) electrons. The molecule has 1 aromatic heterocycles. The number of halogens is 1. The molecule has 5 heteroatoms. The van der Waals surface area contributed by atoms with E-state index in [4.69, 9.17) is 5.73 Å². The Balaban J connectivity index is 1.92. The number of hydrogen-bond donors (Lipinski definition) is 1. The van der Waals surface area contributed by atoms with E-state index in [0.29, 0.717) is 12.6 Å². The number of likely N-dealkylation sites (tertiary alicyclic amines) is 1. The average molecular weight is 346 g/mol. The van der Waals surface area contributed by atoms with Crippen LogP contribution in [-0.2, 0) is 0 Å². The molecule has 1 unspecified atom stereocenters. The number of likely N-dealkylation sites (N-methyl/N-ethyl adjacent to an activating group) is 1. The predicted molar refractivity (Wildman–Crippen MR) is 86.9 cm³/mol. The van der Waals surface area contributed by atoms with Crippen molar-refractivity contribution in [1.29, 1.82) is 0 Å². The number of nitrogens with zero attached hydrogens (tertiary/aromatic N) is 2. The van der Waals surface area contributed by atoms with Gasteiger partial charge in [-0.3, -0.25) is 4.90 Å². The number of nitrogens with two attached hydrogens (primary N) is 1. The van der Waals surface area contributed by atoms with Crippen LogP contribution in [0.15, 0.2) is 10.5 Å². The second kappa shape index (κ2) is 7.18. The molecule has 1 aromatic rings. The highest BCUT2D eigenvalue weighted by atomic mass is 79.9. The highest BCUT2D eigenvalue weighted by molar-refractivity contribution is 9.10. The van der Waals surface area contributed by atoms with Gasteiger partial charge < -0.3 is 10.6 Å². The van der Waals surface area contributed by atoms with Crippen molar-refractivity contribution >= 4 is 27.3 Å². The zero-order valence-corrected chi connectivity index (χ0v) is 14.3. The molecular weight excluding hydrogens is 322 g/mol. The molecule has 1 atom stereocenters. The lowest BCUT2D eigenvalue weighted by molar-refractivity contribution is 0.211. The Labute approximate surface area is 128 Å². The summed E-state index contributed by atoms with van der Waals surface area (Å²) in [6.07, 6.45) is 2.72. The number of thiophene rings is 1. The SMILES string of the molecule is Cc1sc(C(CN)N(C)CCN2CCCC2)cc1Br. The van der Waals surface area contributed by atoms with Gasteiger partial charge in [0.05, 0.1) is 6.04 Å². The maximum Gasteiger partial charge on any atom is 0.0562 e. The summed E-state index contributed by atoms with van der Waals surface area (Å²) in [5, 5.41) is 0. The van der Waals surface area contributed by atoms with Gasteiger partial charge >= 0.3 is 0 Å². The normalized spacial score (nSPS) is 18.4. The molecule has 0 amide bonds. The van der Waals surface area contributed by atoms with Gasteiger partial charge in [0.1, 0.15) is 0 Å². The first-order chi connectivity index (χ1) is 9.11. The van der Waals surface area contributed by atoms with E-state index in [1.165, 1.54) is 46.7 Å². The van der Waals surface area contributed by atoms with E-state index < -0.39 is 0 Å². The minimum Gasteiger partial charge on any atom is -0.329 e. The van der Waals surface area contributed by atoms with Gasteiger partial charge in [0.25, 0.3) is 0 Å². The van der Waals surface area contributed by atoms with Gasteiger partial charge in [0.2, 0.25) is 0 Å². The van der Waals surface area contributed by atoms with Crippen LogP contribution >= 0.6 is 27.3 Å². The molecule has 2 N–H and O–H groups in total. The summed E-state index contributed by atoms with van der Waals surface area (Å²) < 4.78 is 1.21. The summed E-state index contributed by atoms with van der Waals surface area (Å²) in [7, 11) is 2.19. The molecule has 108 valence electrons. The Morgan fingerprint density at radius 1 is 1.47 bits per heavy atom. The van der Waals surface area contributed by atoms with E-state index >= 15 is 0 Å². The fourth-order valence-electron chi connectivity index (χ4n) is 2.62. The fraction of sp³-hybridized carbons (Fsp3) is 0.714. The molecule has 1 aliphatic rings. The summed E-state index contributed by atoms with van der Waals surface area (Å²) in [5.41, 5.74) is 5.98. The first kappa shape index (κ1) is 15.4. The monoisotopic (exact) mass is 345 g/mol. The maximum atomic E-state index is 5.98. The third kappa shape index (κ3) is 4.02. The highest BCUT2D eigenvalue weighted by Gasteiger charge is 2.20. The Hall–Kier alpha value is 0.0600. The molecule has 3 nitrogen and oxygen atoms in total. The smallest absolute Gasteiger partial charge is 0.0562 e. The minimum absolute atomic E-state index is 0.345. The Morgan fingerprint density at radius 3 is 2.68 bits per heavy atom. The van der Waals surface area contributed by atoms with Gasteiger partial charge in [0, 0.05) is 33.9 Å². The van der Waals surface area contributed by atoms with Crippen LogP contribution in [-0.4, -0.2) is 49.6 Å². The number of hydrogen-bond acceptors (Lipinski definition) is 4.